The van der Waals surface area contributed by atoms with Crippen LogP contribution in [0.4, 0.5) is 5.69 Å². The van der Waals surface area contributed by atoms with Gasteiger partial charge in [-0.05, 0) is 43.9 Å². The van der Waals surface area contributed by atoms with Gasteiger partial charge < -0.3 is 15.1 Å². The second-order valence-electron chi connectivity index (χ2n) is 5.87. The average Bonchev–Trinajstić information content (AvgIpc) is 3.15. The maximum absolute atomic E-state index is 12.4. The summed E-state index contributed by atoms with van der Waals surface area (Å²) < 4.78 is 0.693. The topological polar surface area (TPSA) is 53.9 Å². The lowest BCUT2D eigenvalue weighted by molar-refractivity contribution is -0.125. The third-order valence-electron chi connectivity index (χ3n) is 3.51. The molecule has 24 heavy (non-hydrogen) atoms. The lowest BCUT2D eigenvalue weighted by Crippen LogP contribution is -2.28. The van der Waals surface area contributed by atoms with E-state index in [1.165, 1.54) is 11.3 Å². The van der Waals surface area contributed by atoms with E-state index in [1.54, 1.807) is 0 Å². The van der Waals surface area contributed by atoms with Gasteiger partial charge in [0, 0.05) is 18.7 Å². The Hall–Kier alpha value is -1.89. The molecule has 1 aromatic carbocycles. The average molecular weight is 364 g/mol. The number of oxime groups is 1. The Morgan fingerprint density at radius 1 is 1.42 bits per heavy atom. The molecule has 0 fully saturated rings. The molecule has 1 N–H and O–H groups in total. The summed E-state index contributed by atoms with van der Waals surface area (Å²) in [5.74, 6) is -0.196. The highest BCUT2D eigenvalue weighted by Crippen LogP contribution is 2.26. The first-order valence-electron chi connectivity index (χ1n) is 7.54. The maximum Gasteiger partial charge on any atom is 0.268 e. The number of thiophene rings is 1. The van der Waals surface area contributed by atoms with E-state index in [-0.39, 0.29) is 5.91 Å². The molecule has 0 saturated heterocycles. The number of hydrogen-bond donors (Lipinski definition) is 1. The zero-order chi connectivity index (χ0) is 17.1. The molecular formula is C17H18ClN3O2S. The first-order chi connectivity index (χ1) is 11.5. The molecule has 7 heteroatoms. The number of hydrogen-bond acceptors (Lipinski definition) is 5. The molecule has 1 aliphatic rings. The first kappa shape index (κ1) is 17.0. The van der Waals surface area contributed by atoms with Crippen molar-refractivity contribution in [1.29, 1.82) is 0 Å². The molecule has 0 bridgehead atoms. The van der Waals surface area contributed by atoms with Gasteiger partial charge in [-0.15, -0.1) is 11.3 Å². The van der Waals surface area contributed by atoms with Gasteiger partial charge in [0.05, 0.1) is 9.21 Å². The normalized spacial score (nSPS) is 16.8. The number of rotatable bonds is 5. The van der Waals surface area contributed by atoms with Crippen LogP contribution < -0.4 is 5.32 Å². The van der Waals surface area contributed by atoms with Gasteiger partial charge in [-0.2, -0.15) is 0 Å². The molecule has 1 amide bonds. The van der Waals surface area contributed by atoms with E-state index in [0.717, 1.165) is 28.4 Å². The molecule has 0 radical (unpaired) electrons. The monoisotopic (exact) mass is 363 g/mol. The Kier molecular flexibility index (Phi) is 5.18. The molecule has 0 unspecified atom stereocenters. The van der Waals surface area contributed by atoms with E-state index in [2.05, 4.69) is 15.4 Å². The lowest BCUT2D eigenvalue weighted by atomic mass is 10.1. The summed E-state index contributed by atoms with van der Waals surface area (Å²) in [5.41, 5.74) is 2.65. The smallest absolute Gasteiger partial charge is 0.268 e. The number of halogens is 1. The van der Waals surface area contributed by atoms with Crippen molar-refractivity contribution in [2.75, 3.05) is 19.4 Å². The van der Waals surface area contributed by atoms with Crippen LogP contribution in [0.2, 0.25) is 4.34 Å². The van der Waals surface area contributed by atoms with Crippen molar-refractivity contribution in [3.8, 4) is 0 Å². The van der Waals surface area contributed by atoms with Crippen molar-refractivity contribution >= 4 is 40.2 Å². The van der Waals surface area contributed by atoms with Crippen molar-refractivity contribution in [3.05, 3.63) is 51.2 Å². The fourth-order valence-electron chi connectivity index (χ4n) is 2.47. The summed E-state index contributed by atoms with van der Waals surface area (Å²) in [4.78, 5) is 20.7. The van der Waals surface area contributed by atoms with E-state index >= 15 is 0 Å². The third-order valence-corrected chi connectivity index (χ3v) is 4.79. The van der Waals surface area contributed by atoms with Crippen LogP contribution >= 0.6 is 22.9 Å². The van der Waals surface area contributed by atoms with Crippen LogP contribution in [0.15, 0.2) is 41.6 Å². The van der Waals surface area contributed by atoms with E-state index in [1.807, 2.05) is 50.5 Å². The van der Waals surface area contributed by atoms with Gasteiger partial charge >= 0.3 is 0 Å². The minimum Gasteiger partial charge on any atom is -0.382 e. The van der Waals surface area contributed by atoms with Crippen LogP contribution in [0.3, 0.4) is 0 Å². The van der Waals surface area contributed by atoms with Crippen LogP contribution in [0, 0.1) is 0 Å². The van der Waals surface area contributed by atoms with Gasteiger partial charge in [-0.1, -0.05) is 28.9 Å². The fraction of sp³-hybridized carbons (Fsp3) is 0.294. The molecule has 1 atom stereocenters. The maximum atomic E-state index is 12.4. The van der Waals surface area contributed by atoms with Crippen molar-refractivity contribution < 1.29 is 9.63 Å². The summed E-state index contributed by atoms with van der Waals surface area (Å²) in [7, 11) is 4.01. The largest absolute Gasteiger partial charge is 0.382 e. The summed E-state index contributed by atoms with van der Waals surface area (Å²) in [6.45, 7) is 0.816. The quantitative estimate of drug-likeness (QED) is 0.883. The minimum absolute atomic E-state index is 0.196. The molecule has 0 spiro atoms. The van der Waals surface area contributed by atoms with Gasteiger partial charge in [-0.25, -0.2) is 0 Å². The van der Waals surface area contributed by atoms with Gasteiger partial charge in [-0.3, -0.25) is 4.79 Å². The summed E-state index contributed by atoms with van der Waals surface area (Å²) >= 11 is 7.36. The highest BCUT2D eigenvalue weighted by atomic mass is 35.5. The molecule has 2 aromatic rings. The molecule has 0 saturated carbocycles. The molecule has 3 rings (SSSR count). The zero-order valence-electron chi connectivity index (χ0n) is 13.5. The van der Waals surface area contributed by atoms with Gasteiger partial charge in [0.1, 0.15) is 5.71 Å². The number of benzene rings is 1. The SMILES string of the molecule is CN(C)Cc1cccc(NC(=O)[C@@H]2CC(c3ccc(Cl)s3)=NO2)c1. The Labute approximate surface area is 149 Å². The molecule has 5 nitrogen and oxygen atoms in total. The molecule has 1 aliphatic heterocycles. The van der Waals surface area contributed by atoms with Crippen molar-refractivity contribution in [1.82, 2.24) is 4.90 Å². The second-order valence-corrected chi connectivity index (χ2v) is 7.58. The van der Waals surface area contributed by atoms with Crippen LogP contribution in [0.25, 0.3) is 0 Å². The van der Waals surface area contributed by atoms with Crippen LogP contribution in [0.1, 0.15) is 16.9 Å². The number of anilines is 1. The third kappa shape index (κ3) is 4.14. The Balaban J connectivity index is 1.60. The van der Waals surface area contributed by atoms with Crippen LogP contribution in [-0.4, -0.2) is 36.7 Å². The predicted molar refractivity (Wildman–Crippen MR) is 97.8 cm³/mol. The van der Waals surface area contributed by atoms with Gasteiger partial charge in [0.2, 0.25) is 6.10 Å². The van der Waals surface area contributed by atoms with E-state index in [0.29, 0.717) is 10.8 Å². The molecule has 2 heterocycles. The number of carbonyl (C=O) groups is 1. The fourth-order valence-corrected chi connectivity index (χ4v) is 3.50. The van der Waals surface area contributed by atoms with Crippen molar-refractivity contribution in [3.63, 3.8) is 0 Å². The first-order valence-corrected chi connectivity index (χ1v) is 8.73. The molecule has 0 aliphatic carbocycles. The van der Waals surface area contributed by atoms with E-state index in [4.69, 9.17) is 16.4 Å². The highest BCUT2D eigenvalue weighted by Gasteiger charge is 2.29. The molecule has 1 aromatic heterocycles. The summed E-state index contributed by atoms with van der Waals surface area (Å²) in [5, 5.41) is 6.92. The van der Waals surface area contributed by atoms with E-state index in [9.17, 15) is 4.79 Å². The predicted octanol–water partition coefficient (Wildman–Crippen LogP) is 3.59. The van der Waals surface area contributed by atoms with Crippen molar-refractivity contribution in [2.45, 2.75) is 19.1 Å². The second kappa shape index (κ2) is 7.34. The van der Waals surface area contributed by atoms with Gasteiger partial charge in [0.15, 0.2) is 0 Å². The number of amides is 1. The van der Waals surface area contributed by atoms with E-state index < -0.39 is 6.10 Å². The number of carbonyl (C=O) groups excluding carboxylic acids is 1. The standard InChI is InChI=1S/C17H18ClN3O2S/c1-21(2)10-11-4-3-5-12(8-11)19-17(22)14-9-13(20-23-14)15-6-7-16(18)24-15/h3-8,14H,9-10H2,1-2H3,(H,19,22)/t14-/m0/s1. The number of nitrogens with zero attached hydrogens (tertiary/aromatic N) is 2. The number of nitrogens with one attached hydrogen (secondary N) is 1. The van der Waals surface area contributed by atoms with Crippen LogP contribution in [0.5, 0.6) is 0 Å². The Morgan fingerprint density at radius 3 is 2.96 bits per heavy atom. The Bertz CT molecular complexity index is 773. The molecule has 126 valence electrons. The minimum atomic E-state index is -0.613. The van der Waals surface area contributed by atoms with Gasteiger partial charge in [0.25, 0.3) is 5.91 Å². The Morgan fingerprint density at radius 2 is 2.25 bits per heavy atom. The zero-order valence-corrected chi connectivity index (χ0v) is 15.0. The highest BCUT2D eigenvalue weighted by molar-refractivity contribution is 7.18. The lowest BCUT2D eigenvalue weighted by Gasteiger charge is -2.13. The van der Waals surface area contributed by atoms with Crippen molar-refractivity contribution in [2.24, 2.45) is 5.16 Å². The molecular weight excluding hydrogens is 346 g/mol. The summed E-state index contributed by atoms with van der Waals surface area (Å²) in [6.07, 6.45) is -0.168. The summed E-state index contributed by atoms with van der Waals surface area (Å²) in [6, 6.07) is 11.5. The van der Waals surface area contributed by atoms with Crippen LogP contribution in [-0.2, 0) is 16.2 Å².